The third-order valence-corrected chi connectivity index (χ3v) is 5.86. The van der Waals surface area contributed by atoms with Gasteiger partial charge in [0.2, 0.25) is 0 Å². The Bertz CT molecular complexity index is 1620. The molecule has 156 valence electrons. The lowest BCUT2D eigenvalue weighted by Crippen LogP contribution is -1.96. The van der Waals surface area contributed by atoms with Crippen molar-refractivity contribution in [3.05, 3.63) is 72.7 Å². The Hall–Kier alpha value is -4.33. The minimum atomic E-state index is -0.285. The van der Waals surface area contributed by atoms with E-state index in [0.29, 0.717) is 11.3 Å². The number of nitrogens with one attached hydrogen (secondary N) is 2. The molecule has 0 saturated carbocycles. The molecule has 0 atom stereocenters. The zero-order valence-electron chi connectivity index (χ0n) is 17.4. The van der Waals surface area contributed by atoms with Gasteiger partial charge in [-0.05, 0) is 31.2 Å². The van der Waals surface area contributed by atoms with E-state index in [1.54, 1.807) is 24.5 Å². The first-order valence-electron chi connectivity index (χ1n) is 10.2. The van der Waals surface area contributed by atoms with Gasteiger partial charge in [-0.25, -0.2) is 14.4 Å². The van der Waals surface area contributed by atoms with E-state index in [2.05, 4.69) is 25.1 Å². The van der Waals surface area contributed by atoms with Crippen molar-refractivity contribution in [1.82, 2.24) is 34.7 Å². The fraction of sp³-hybridized carbons (Fsp3) is 0.0833. The Morgan fingerprint density at radius 2 is 1.84 bits per heavy atom. The van der Waals surface area contributed by atoms with E-state index < -0.39 is 0 Å². The van der Waals surface area contributed by atoms with Crippen LogP contribution in [0, 0.1) is 12.7 Å². The summed E-state index contributed by atoms with van der Waals surface area (Å²) in [5.41, 5.74) is 6.82. The van der Waals surface area contributed by atoms with Crippen LogP contribution in [0.4, 0.5) is 4.39 Å². The summed E-state index contributed by atoms with van der Waals surface area (Å²) in [6.07, 6.45) is 5.23. The minimum Gasteiger partial charge on any atom is -0.352 e. The van der Waals surface area contributed by atoms with Crippen LogP contribution in [0.3, 0.4) is 0 Å². The lowest BCUT2D eigenvalue weighted by atomic mass is 10.0. The van der Waals surface area contributed by atoms with Gasteiger partial charge in [-0.1, -0.05) is 18.2 Å². The van der Waals surface area contributed by atoms with Crippen LogP contribution < -0.4 is 0 Å². The van der Waals surface area contributed by atoms with Crippen molar-refractivity contribution in [3.8, 4) is 33.9 Å². The molecule has 0 spiro atoms. The van der Waals surface area contributed by atoms with Crippen molar-refractivity contribution in [2.75, 3.05) is 0 Å². The van der Waals surface area contributed by atoms with Crippen LogP contribution >= 0.6 is 0 Å². The number of aromatic amines is 2. The molecule has 32 heavy (non-hydrogen) atoms. The number of halogens is 1. The maximum atomic E-state index is 14.5. The molecule has 2 N–H and O–H groups in total. The Balaban J connectivity index is 1.53. The SMILES string of the molecule is Cc1ncc(-c2ccc3[nH]nc(-c4cc5c(-c6ccccc6F)cncc5[nH]4)c3n2)n1C. The van der Waals surface area contributed by atoms with Crippen molar-refractivity contribution in [1.29, 1.82) is 0 Å². The van der Waals surface area contributed by atoms with Crippen LogP contribution in [0.2, 0.25) is 0 Å². The highest BCUT2D eigenvalue weighted by Crippen LogP contribution is 2.34. The molecule has 7 nitrogen and oxygen atoms in total. The number of aryl methyl sites for hydroxylation is 1. The van der Waals surface area contributed by atoms with Crippen molar-refractivity contribution >= 4 is 21.9 Å². The Morgan fingerprint density at radius 3 is 2.66 bits per heavy atom. The highest BCUT2D eigenvalue weighted by atomic mass is 19.1. The number of fused-ring (bicyclic) bond motifs is 2. The van der Waals surface area contributed by atoms with Crippen LogP contribution in [0.1, 0.15) is 5.82 Å². The monoisotopic (exact) mass is 423 g/mol. The van der Waals surface area contributed by atoms with Crippen molar-refractivity contribution < 1.29 is 4.39 Å². The van der Waals surface area contributed by atoms with Crippen molar-refractivity contribution in [2.24, 2.45) is 7.05 Å². The Kier molecular flexibility index (Phi) is 3.94. The molecule has 6 aromatic rings. The summed E-state index contributed by atoms with van der Waals surface area (Å²) < 4.78 is 16.5. The number of hydrogen-bond acceptors (Lipinski definition) is 4. The molecule has 0 fully saturated rings. The summed E-state index contributed by atoms with van der Waals surface area (Å²) in [5, 5.41) is 8.43. The van der Waals surface area contributed by atoms with E-state index in [0.717, 1.165) is 50.4 Å². The Morgan fingerprint density at radius 1 is 0.969 bits per heavy atom. The average molecular weight is 423 g/mol. The molecule has 0 aliphatic heterocycles. The number of benzene rings is 1. The maximum Gasteiger partial charge on any atom is 0.135 e. The standard InChI is InChI=1S/C24H18FN7/c1-13-27-12-22(32(13)2)18-7-8-19-23(29-18)24(31-30-19)20-9-15-16(10-26-11-21(15)28-20)14-5-3-4-6-17(14)25/h3-12,28H,1-2H3,(H,30,31). The first-order valence-corrected chi connectivity index (χ1v) is 10.2. The molecule has 0 saturated heterocycles. The summed E-state index contributed by atoms with van der Waals surface area (Å²) >= 11 is 0. The first kappa shape index (κ1) is 18.4. The molecular weight excluding hydrogens is 405 g/mol. The molecular formula is C24H18FN7. The molecule has 0 amide bonds. The van der Waals surface area contributed by atoms with Gasteiger partial charge in [-0.15, -0.1) is 0 Å². The number of hydrogen-bond donors (Lipinski definition) is 2. The molecule has 0 radical (unpaired) electrons. The Labute approximate surface area is 182 Å². The van der Waals surface area contributed by atoms with Gasteiger partial charge in [0.05, 0.1) is 40.5 Å². The molecule has 0 aliphatic rings. The van der Waals surface area contributed by atoms with Gasteiger partial charge in [0.25, 0.3) is 0 Å². The van der Waals surface area contributed by atoms with E-state index in [9.17, 15) is 4.39 Å². The molecule has 0 unspecified atom stereocenters. The summed E-state index contributed by atoms with van der Waals surface area (Å²) in [7, 11) is 1.97. The third-order valence-electron chi connectivity index (χ3n) is 5.86. The van der Waals surface area contributed by atoms with Crippen molar-refractivity contribution in [3.63, 3.8) is 0 Å². The summed E-state index contributed by atoms with van der Waals surface area (Å²) in [5.74, 6) is 0.630. The summed E-state index contributed by atoms with van der Waals surface area (Å²) in [6.45, 7) is 1.96. The number of H-pyrrole nitrogens is 2. The number of rotatable bonds is 3. The van der Waals surface area contributed by atoms with Crippen LogP contribution in [-0.4, -0.2) is 34.7 Å². The first-order chi connectivity index (χ1) is 15.6. The number of pyridine rings is 2. The van der Waals surface area contributed by atoms with E-state index >= 15 is 0 Å². The fourth-order valence-corrected chi connectivity index (χ4v) is 4.04. The van der Waals surface area contributed by atoms with Gasteiger partial charge in [0, 0.05) is 29.8 Å². The second-order valence-corrected chi connectivity index (χ2v) is 7.73. The van der Waals surface area contributed by atoms with Gasteiger partial charge in [-0.3, -0.25) is 10.1 Å². The quantitative estimate of drug-likeness (QED) is 0.419. The molecule has 6 rings (SSSR count). The summed E-state index contributed by atoms with van der Waals surface area (Å²) in [4.78, 5) is 16.9. The lowest BCUT2D eigenvalue weighted by molar-refractivity contribution is 0.631. The van der Waals surface area contributed by atoms with Gasteiger partial charge < -0.3 is 9.55 Å². The van der Waals surface area contributed by atoms with Crippen LogP contribution in [0.15, 0.2) is 61.1 Å². The normalized spacial score (nSPS) is 11.6. The van der Waals surface area contributed by atoms with E-state index in [1.807, 2.05) is 49.0 Å². The lowest BCUT2D eigenvalue weighted by Gasteiger charge is -2.04. The van der Waals surface area contributed by atoms with Gasteiger partial charge in [-0.2, -0.15) is 5.10 Å². The van der Waals surface area contributed by atoms with Gasteiger partial charge in [0.1, 0.15) is 22.9 Å². The fourth-order valence-electron chi connectivity index (χ4n) is 4.04. The van der Waals surface area contributed by atoms with E-state index in [1.165, 1.54) is 6.07 Å². The number of imidazole rings is 1. The molecule has 0 bridgehead atoms. The van der Waals surface area contributed by atoms with Crippen LogP contribution in [0.25, 0.3) is 55.8 Å². The molecule has 1 aromatic carbocycles. The highest BCUT2D eigenvalue weighted by Gasteiger charge is 2.17. The number of aromatic nitrogens is 7. The molecule has 8 heteroatoms. The predicted molar refractivity (Wildman–Crippen MR) is 121 cm³/mol. The van der Waals surface area contributed by atoms with E-state index in [4.69, 9.17) is 4.98 Å². The van der Waals surface area contributed by atoms with Gasteiger partial charge >= 0.3 is 0 Å². The topological polar surface area (TPSA) is 88.1 Å². The minimum absolute atomic E-state index is 0.285. The van der Waals surface area contributed by atoms with Crippen LogP contribution in [-0.2, 0) is 7.05 Å². The second kappa shape index (κ2) is 6.84. The molecule has 0 aliphatic carbocycles. The average Bonchev–Trinajstić information content (AvgIpc) is 3.50. The van der Waals surface area contributed by atoms with E-state index in [-0.39, 0.29) is 5.82 Å². The predicted octanol–water partition coefficient (Wildman–Crippen LogP) is 5.02. The zero-order valence-corrected chi connectivity index (χ0v) is 17.4. The highest BCUT2D eigenvalue weighted by molar-refractivity contribution is 6.00. The number of nitrogens with zero attached hydrogens (tertiary/aromatic N) is 5. The third kappa shape index (κ3) is 2.73. The summed E-state index contributed by atoms with van der Waals surface area (Å²) in [6, 6.07) is 12.6. The van der Waals surface area contributed by atoms with Crippen LogP contribution in [0.5, 0.6) is 0 Å². The largest absolute Gasteiger partial charge is 0.352 e. The smallest absolute Gasteiger partial charge is 0.135 e. The second-order valence-electron chi connectivity index (χ2n) is 7.73. The van der Waals surface area contributed by atoms with Crippen molar-refractivity contribution in [2.45, 2.75) is 6.92 Å². The maximum absolute atomic E-state index is 14.5. The zero-order chi connectivity index (χ0) is 21.8. The molecule has 5 aromatic heterocycles. The van der Waals surface area contributed by atoms with Gasteiger partial charge in [0.15, 0.2) is 0 Å². The molecule has 5 heterocycles.